The molecule has 2 aromatic rings. The van der Waals surface area contributed by atoms with Gasteiger partial charge in [0.25, 0.3) is 11.8 Å². The van der Waals surface area contributed by atoms with Gasteiger partial charge in [-0.1, -0.05) is 34.7 Å². The number of nitrogens with one attached hydrogen (secondary N) is 2. The molecule has 0 aliphatic carbocycles. The fourth-order valence-electron chi connectivity index (χ4n) is 3.68. The second-order valence-corrected chi connectivity index (χ2v) is 9.89. The van der Waals surface area contributed by atoms with Gasteiger partial charge in [0.1, 0.15) is 21.8 Å². The summed E-state index contributed by atoms with van der Waals surface area (Å²) < 4.78 is 0.0338. The molecule has 2 aromatic heterocycles. The van der Waals surface area contributed by atoms with E-state index in [2.05, 4.69) is 20.5 Å². The monoisotopic (exact) mass is 510 g/mol. The lowest BCUT2D eigenvalue weighted by atomic mass is 9.86. The Balaban J connectivity index is 1.53. The normalized spacial score (nSPS) is 20.6. The molecule has 2 aliphatic heterocycles. The number of thioether (sulfide) groups is 1. The molecule has 15 heteroatoms. The summed E-state index contributed by atoms with van der Waals surface area (Å²) in [5.41, 5.74) is 4.96. The predicted molar refractivity (Wildman–Crippen MR) is 119 cm³/mol. The van der Waals surface area contributed by atoms with Gasteiger partial charge in [0.05, 0.1) is 6.04 Å². The number of nitrogen functional groups attached to an aromatic ring is 1. The second-order valence-electron chi connectivity index (χ2n) is 7.09. The van der Waals surface area contributed by atoms with Crippen molar-refractivity contribution in [1.82, 2.24) is 20.2 Å². The van der Waals surface area contributed by atoms with Gasteiger partial charge in [0.15, 0.2) is 5.13 Å². The number of thiazole rings is 1. The number of carboxylic acid groups (broad SMARTS) is 1. The second kappa shape index (κ2) is 8.96. The van der Waals surface area contributed by atoms with Gasteiger partial charge >= 0.3 is 5.97 Å². The number of aromatic amines is 1. The van der Waals surface area contributed by atoms with Gasteiger partial charge in [-0.25, -0.2) is 9.78 Å². The summed E-state index contributed by atoms with van der Waals surface area (Å²) in [6.07, 6.45) is 2.16. The van der Waals surface area contributed by atoms with E-state index < -0.39 is 35.9 Å². The number of nitrogens with two attached hydrogens (primary N) is 1. The van der Waals surface area contributed by atoms with Gasteiger partial charge in [-0.05, 0) is 24.1 Å². The molecule has 2 aliphatic rings. The van der Waals surface area contributed by atoms with Crippen molar-refractivity contribution in [3.63, 3.8) is 0 Å². The van der Waals surface area contributed by atoms with Crippen molar-refractivity contribution in [2.24, 2.45) is 5.18 Å². The largest absolute Gasteiger partial charge is 0.477 e. The molecule has 4 heterocycles. The van der Waals surface area contributed by atoms with Crippen LogP contribution in [0.2, 0.25) is 4.34 Å². The van der Waals surface area contributed by atoms with Crippen LogP contribution in [0.5, 0.6) is 0 Å². The molecule has 0 bridgehead atoms. The minimum atomic E-state index is -1.60. The Morgan fingerprint density at radius 1 is 1.42 bits per heavy atom. The number of carboxylic acids is 1. The van der Waals surface area contributed by atoms with Crippen molar-refractivity contribution >= 4 is 57.6 Å². The molecule has 5 N–H and O–H groups in total. The van der Waals surface area contributed by atoms with E-state index in [4.69, 9.17) is 17.3 Å². The van der Waals surface area contributed by atoms with Crippen LogP contribution in [-0.4, -0.2) is 49.8 Å². The van der Waals surface area contributed by atoms with E-state index in [0.717, 1.165) is 28.0 Å². The Morgan fingerprint density at radius 2 is 2.18 bits per heavy atom. The third-order valence-electron chi connectivity index (χ3n) is 5.13. The topological polar surface area (TPSA) is 188 Å². The van der Waals surface area contributed by atoms with Crippen molar-refractivity contribution in [1.29, 1.82) is 0 Å². The van der Waals surface area contributed by atoms with E-state index in [1.165, 1.54) is 12.3 Å². The predicted octanol–water partition coefficient (Wildman–Crippen LogP) is 1.45. The minimum Gasteiger partial charge on any atom is -0.477 e. The summed E-state index contributed by atoms with van der Waals surface area (Å²) in [4.78, 5) is 68.5. The number of aliphatic carboxylic acids is 1. The van der Waals surface area contributed by atoms with Crippen LogP contribution in [-0.2, 0) is 14.4 Å². The number of amides is 2. The summed E-state index contributed by atoms with van der Waals surface area (Å²) in [5, 5.41) is 15.0. The van der Waals surface area contributed by atoms with Crippen LogP contribution < -0.4 is 16.6 Å². The van der Waals surface area contributed by atoms with E-state index in [0.29, 0.717) is 22.6 Å². The van der Waals surface area contributed by atoms with Crippen LogP contribution in [0.25, 0.3) is 0 Å². The number of H-pyrrole nitrogens is 1. The highest BCUT2D eigenvalue weighted by Crippen LogP contribution is 2.43. The molecule has 12 nitrogen and oxygen atoms in total. The molecule has 4 rings (SSSR count). The molecule has 1 fully saturated rings. The molecular formula is C18H15ClN6O6S2. The average molecular weight is 511 g/mol. The van der Waals surface area contributed by atoms with Crippen LogP contribution in [0.3, 0.4) is 0 Å². The summed E-state index contributed by atoms with van der Waals surface area (Å²) >= 11 is 7.97. The first-order chi connectivity index (χ1) is 15.7. The van der Waals surface area contributed by atoms with Crippen molar-refractivity contribution in [3.8, 4) is 0 Å². The van der Waals surface area contributed by atoms with E-state index in [1.807, 2.05) is 0 Å². The fraction of sp³-hybridized carbons (Fsp3) is 0.278. The lowest BCUT2D eigenvalue weighted by molar-refractivity contribution is -0.156. The summed E-state index contributed by atoms with van der Waals surface area (Å²) in [6, 6.07) is -0.361. The molecule has 0 saturated carbocycles. The van der Waals surface area contributed by atoms with Crippen LogP contribution in [0.4, 0.5) is 5.13 Å². The SMILES string of the molecule is Nc1nc(C(N=O)C(=O)N[C@@H]2C(=O)N3C(C(=O)O)=C(Sc4ccc(=O)[nH]c4)CCC23)c(Cl)s1. The number of nitroso groups, excluding NO2 is 1. The van der Waals surface area contributed by atoms with Gasteiger partial charge in [-0.15, -0.1) is 4.91 Å². The maximum atomic E-state index is 12.8. The first-order valence-corrected chi connectivity index (χ1v) is 11.4. The molecule has 2 unspecified atom stereocenters. The Labute approximate surface area is 198 Å². The summed E-state index contributed by atoms with van der Waals surface area (Å²) in [7, 11) is 0. The number of β-lactam (4-membered cyclic amide) rings is 1. The van der Waals surface area contributed by atoms with Crippen molar-refractivity contribution in [2.75, 3.05) is 5.73 Å². The molecule has 2 amide bonds. The van der Waals surface area contributed by atoms with Crippen LogP contribution in [0, 0.1) is 4.91 Å². The van der Waals surface area contributed by atoms with Crippen molar-refractivity contribution in [2.45, 2.75) is 35.9 Å². The number of carbonyl (C=O) groups is 3. The zero-order valence-electron chi connectivity index (χ0n) is 16.5. The standard InChI is InChI=1S/C18H15ClN6O6S2/c19-14-11(23-18(20)33-14)12(24-31)15(27)22-10-7-2-3-8(13(17(29)30)25(7)16(10)28)32-6-1-4-9(26)21-5-6/h1,4-5,7,10,12H,2-3H2,(H2,20,23)(H,21,26)(H,22,27)(H,29,30)/t7?,10-,12?/m0/s1. The minimum absolute atomic E-state index is 0.0338. The maximum Gasteiger partial charge on any atom is 0.353 e. The lowest BCUT2D eigenvalue weighted by Crippen LogP contribution is -2.71. The van der Waals surface area contributed by atoms with Crippen LogP contribution >= 0.6 is 34.7 Å². The molecule has 1 saturated heterocycles. The maximum absolute atomic E-state index is 12.8. The summed E-state index contributed by atoms with van der Waals surface area (Å²) in [6.45, 7) is 0. The third-order valence-corrected chi connectivity index (χ3v) is 7.38. The number of pyridine rings is 1. The number of aromatic nitrogens is 2. The van der Waals surface area contributed by atoms with Crippen molar-refractivity contribution < 1.29 is 19.5 Å². The van der Waals surface area contributed by atoms with E-state index in [1.54, 1.807) is 6.07 Å². The highest BCUT2D eigenvalue weighted by Gasteiger charge is 2.54. The lowest BCUT2D eigenvalue weighted by Gasteiger charge is -2.50. The number of anilines is 1. The van der Waals surface area contributed by atoms with E-state index in [-0.39, 0.29) is 26.4 Å². The van der Waals surface area contributed by atoms with Gasteiger partial charge < -0.3 is 21.1 Å². The molecule has 0 aromatic carbocycles. The molecule has 3 atom stereocenters. The highest BCUT2D eigenvalue weighted by molar-refractivity contribution is 8.03. The fourth-order valence-corrected chi connectivity index (χ4v) is 5.70. The first kappa shape index (κ1) is 22.9. The van der Waals surface area contributed by atoms with Crippen LogP contribution in [0.15, 0.2) is 43.8 Å². The number of fused-ring (bicyclic) bond motifs is 1. The number of allylic oxidation sites excluding steroid dienone is 1. The zero-order valence-corrected chi connectivity index (χ0v) is 18.9. The quantitative estimate of drug-likeness (QED) is 0.315. The number of carbonyl (C=O) groups excluding carboxylic acids is 2. The van der Waals surface area contributed by atoms with Crippen LogP contribution in [0.1, 0.15) is 24.6 Å². The number of hydrogen-bond acceptors (Lipinski definition) is 10. The summed E-state index contributed by atoms with van der Waals surface area (Å²) in [5.74, 6) is -2.80. The molecule has 0 spiro atoms. The van der Waals surface area contributed by atoms with Gasteiger partial charge in [-0.3, -0.25) is 19.3 Å². The first-order valence-electron chi connectivity index (χ1n) is 9.42. The average Bonchev–Trinajstić information content (AvgIpc) is 3.11. The van der Waals surface area contributed by atoms with Crippen molar-refractivity contribution in [3.05, 3.63) is 54.2 Å². The number of halogens is 1. The number of rotatable bonds is 7. The highest BCUT2D eigenvalue weighted by atomic mass is 35.5. The Bertz CT molecular complexity index is 1240. The Kier molecular flexibility index (Phi) is 6.23. The number of hydrogen-bond donors (Lipinski definition) is 4. The number of nitrogens with zero attached hydrogens (tertiary/aromatic N) is 3. The molecule has 33 heavy (non-hydrogen) atoms. The van der Waals surface area contributed by atoms with Gasteiger partial charge in [-0.2, -0.15) is 0 Å². The van der Waals surface area contributed by atoms with Gasteiger partial charge in [0, 0.05) is 22.1 Å². The Morgan fingerprint density at radius 3 is 2.76 bits per heavy atom. The van der Waals surface area contributed by atoms with E-state index >= 15 is 0 Å². The smallest absolute Gasteiger partial charge is 0.353 e. The molecule has 172 valence electrons. The van der Waals surface area contributed by atoms with Gasteiger partial charge in [0.2, 0.25) is 11.6 Å². The zero-order chi connectivity index (χ0) is 23.9. The molecular weight excluding hydrogens is 496 g/mol. The molecule has 0 radical (unpaired) electrons. The Hall–Kier alpha value is -3.23. The van der Waals surface area contributed by atoms with E-state index in [9.17, 15) is 29.2 Å². The third kappa shape index (κ3) is 4.24.